The molecule has 0 radical (unpaired) electrons. The van der Waals surface area contributed by atoms with Gasteiger partial charge in [-0.2, -0.15) is 0 Å². The van der Waals surface area contributed by atoms with E-state index in [1.54, 1.807) is 48.7 Å². The number of nitrogens with zero attached hydrogens (tertiary/aromatic N) is 1. The first-order valence-corrected chi connectivity index (χ1v) is 8.53. The minimum atomic E-state index is -0.510. The number of aromatic nitrogens is 1. The molecule has 0 aliphatic rings. The summed E-state index contributed by atoms with van der Waals surface area (Å²) in [6.45, 7) is 2.60. The Kier molecular flexibility index (Phi) is 5.99. The third-order valence-electron chi connectivity index (χ3n) is 3.72. The predicted octanol–water partition coefficient (Wildman–Crippen LogP) is 4.34. The van der Waals surface area contributed by atoms with Gasteiger partial charge in [-0.3, -0.25) is 9.78 Å². The summed E-state index contributed by atoms with van der Waals surface area (Å²) < 4.78 is 25.1. The molecule has 3 aromatic rings. The molecule has 0 spiro atoms. The minimum Gasteiger partial charge on any atom is -0.494 e. The number of hydrogen-bond acceptors (Lipinski definition) is 4. The van der Waals surface area contributed by atoms with Crippen LogP contribution in [0.1, 0.15) is 22.8 Å². The topological polar surface area (TPSA) is 60.5 Å². The first-order chi connectivity index (χ1) is 13.2. The second-order valence-electron chi connectivity index (χ2n) is 5.70. The summed E-state index contributed by atoms with van der Waals surface area (Å²) in [7, 11) is 0. The van der Waals surface area contributed by atoms with Gasteiger partial charge in [-0.05, 0) is 55.0 Å². The molecule has 0 fully saturated rings. The smallest absolute Gasteiger partial charge is 0.251 e. The molecule has 1 amide bonds. The summed E-state index contributed by atoms with van der Waals surface area (Å²) in [6, 6.07) is 14.9. The van der Waals surface area contributed by atoms with Gasteiger partial charge in [0.05, 0.1) is 12.8 Å². The Hall–Kier alpha value is -3.41. The zero-order chi connectivity index (χ0) is 19.1. The Balaban J connectivity index is 1.62. The Morgan fingerprint density at radius 1 is 1.11 bits per heavy atom. The van der Waals surface area contributed by atoms with Crippen molar-refractivity contribution in [1.82, 2.24) is 10.3 Å². The molecule has 6 heteroatoms. The normalized spacial score (nSPS) is 10.3. The fourth-order valence-corrected chi connectivity index (χ4v) is 2.45. The number of nitrogens with one attached hydrogen (secondary N) is 1. The van der Waals surface area contributed by atoms with Crippen LogP contribution in [0.15, 0.2) is 67.0 Å². The highest BCUT2D eigenvalue weighted by Crippen LogP contribution is 2.24. The van der Waals surface area contributed by atoms with Gasteiger partial charge in [-0.1, -0.05) is 12.1 Å². The van der Waals surface area contributed by atoms with Crippen LogP contribution in [0, 0.1) is 5.82 Å². The summed E-state index contributed by atoms with van der Waals surface area (Å²) >= 11 is 0. The van der Waals surface area contributed by atoms with Gasteiger partial charge < -0.3 is 14.8 Å². The number of carbonyl (C=O) groups excluding carboxylic acids is 1. The van der Waals surface area contributed by atoms with Crippen LogP contribution < -0.4 is 14.8 Å². The summed E-state index contributed by atoms with van der Waals surface area (Å²) in [5.74, 6) is 0.416. The SMILES string of the molecule is CCOc1cccc(C(=O)NCc2ccc(Oc3cccnc3)c(F)c2)c1. The van der Waals surface area contributed by atoms with Crippen molar-refractivity contribution >= 4 is 5.91 Å². The highest BCUT2D eigenvalue weighted by molar-refractivity contribution is 5.94. The summed E-state index contributed by atoms with van der Waals surface area (Å²) in [4.78, 5) is 16.2. The second-order valence-corrected chi connectivity index (χ2v) is 5.70. The molecule has 0 aliphatic heterocycles. The molecule has 0 bridgehead atoms. The van der Waals surface area contributed by atoms with Crippen LogP contribution in [0.2, 0.25) is 0 Å². The fraction of sp³-hybridized carbons (Fsp3) is 0.143. The van der Waals surface area contributed by atoms with Gasteiger partial charge in [0.2, 0.25) is 0 Å². The van der Waals surface area contributed by atoms with Crippen LogP contribution in [-0.2, 0) is 6.54 Å². The van der Waals surface area contributed by atoms with Gasteiger partial charge in [0.15, 0.2) is 11.6 Å². The molecule has 3 rings (SSSR count). The molecular weight excluding hydrogens is 347 g/mol. The predicted molar refractivity (Wildman–Crippen MR) is 99.5 cm³/mol. The van der Waals surface area contributed by atoms with Crippen LogP contribution >= 0.6 is 0 Å². The van der Waals surface area contributed by atoms with Gasteiger partial charge in [-0.25, -0.2) is 4.39 Å². The number of benzene rings is 2. The maximum Gasteiger partial charge on any atom is 0.251 e. The molecule has 0 aliphatic carbocycles. The van der Waals surface area contributed by atoms with Crippen molar-refractivity contribution in [3.63, 3.8) is 0 Å². The monoisotopic (exact) mass is 366 g/mol. The average molecular weight is 366 g/mol. The third-order valence-corrected chi connectivity index (χ3v) is 3.72. The maximum atomic E-state index is 14.2. The van der Waals surface area contributed by atoms with Gasteiger partial charge in [0.1, 0.15) is 11.5 Å². The molecule has 1 heterocycles. The molecule has 2 aromatic carbocycles. The Morgan fingerprint density at radius 2 is 1.96 bits per heavy atom. The van der Waals surface area contributed by atoms with E-state index in [-0.39, 0.29) is 18.2 Å². The fourth-order valence-electron chi connectivity index (χ4n) is 2.45. The van der Waals surface area contributed by atoms with E-state index < -0.39 is 5.82 Å². The lowest BCUT2D eigenvalue weighted by Gasteiger charge is -2.10. The van der Waals surface area contributed by atoms with E-state index >= 15 is 0 Å². The molecule has 27 heavy (non-hydrogen) atoms. The molecule has 1 N–H and O–H groups in total. The molecule has 0 saturated heterocycles. The Bertz CT molecular complexity index is 916. The van der Waals surface area contributed by atoms with Crippen molar-refractivity contribution in [2.24, 2.45) is 0 Å². The van der Waals surface area contributed by atoms with E-state index in [4.69, 9.17) is 9.47 Å². The van der Waals surface area contributed by atoms with Crippen molar-refractivity contribution < 1.29 is 18.7 Å². The van der Waals surface area contributed by atoms with Crippen molar-refractivity contribution in [3.8, 4) is 17.2 Å². The highest BCUT2D eigenvalue weighted by Gasteiger charge is 2.09. The summed E-state index contributed by atoms with van der Waals surface area (Å²) in [5.41, 5.74) is 1.11. The average Bonchev–Trinajstić information content (AvgIpc) is 2.69. The van der Waals surface area contributed by atoms with Crippen LogP contribution in [0.25, 0.3) is 0 Å². The van der Waals surface area contributed by atoms with E-state index in [0.717, 1.165) is 0 Å². The van der Waals surface area contributed by atoms with Crippen LogP contribution in [0.5, 0.6) is 17.2 Å². The number of pyridine rings is 1. The maximum absolute atomic E-state index is 14.2. The lowest BCUT2D eigenvalue weighted by Crippen LogP contribution is -2.22. The Labute approximate surface area is 156 Å². The first kappa shape index (κ1) is 18.4. The Morgan fingerprint density at radius 3 is 2.70 bits per heavy atom. The minimum absolute atomic E-state index is 0.0995. The van der Waals surface area contributed by atoms with Gasteiger partial charge in [0.25, 0.3) is 5.91 Å². The van der Waals surface area contributed by atoms with Gasteiger partial charge in [-0.15, -0.1) is 0 Å². The van der Waals surface area contributed by atoms with Crippen molar-refractivity contribution in [3.05, 3.63) is 83.9 Å². The highest BCUT2D eigenvalue weighted by atomic mass is 19.1. The van der Waals surface area contributed by atoms with Crippen LogP contribution in [0.4, 0.5) is 4.39 Å². The summed E-state index contributed by atoms with van der Waals surface area (Å²) in [5, 5.41) is 2.77. The second kappa shape index (κ2) is 8.80. The van der Waals surface area contributed by atoms with Crippen LogP contribution in [-0.4, -0.2) is 17.5 Å². The molecule has 0 saturated carbocycles. The molecule has 0 atom stereocenters. The number of hydrogen-bond donors (Lipinski definition) is 1. The number of ether oxygens (including phenoxy) is 2. The van der Waals surface area contributed by atoms with E-state index in [9.17, 15) is 9.18 Å². The van der Waals surface area contributed by atoms with Gasteiger partial charge in [0, 0.05) is 18.3 Å². The number of rotatable bonds is 7. The van der Waals surface area contributed by atoms with E-state index in [1.165, 1.54) is 18.3 Å². The van der Waals surface area contributed by atoms with Crippen molar-refractivity contribution in [2.75, 3.05) is 6.61 Å². The van der Waals surface area contributed by atoms with E-state index in [0.29, 0.717) is 29.2 Å². The lowest BCUT2D eigenvalue weighted by molar-refractivity contribution is 0.0950. The summed E-state index contributed by atoms with van der Waals surface area (Å²) in [6.07, 6.45) is 3.11. The molecule has 138 valence electrons. The zero-order valence-corrected chi connectivity index (χ0v) is 14.8. The standard InChI is InChI=1S/C21H19FN2O3/c1-2-26-17-6-3-5-16(12-17)21(25)24-13-15-8-9-20(19(22)11-15)27-18-7-4-10-23-14-18/h3-12,14H,2,13H2,1H3,(H,24,25). The number of halogens is 1. The molecule has 0 unspecified atom stereocenters. The molecular formula is C21H19FN2O3. The van der Waals surface area contributed by atoms with Crippen LogP contribution in [0.3, 0.4) is 0 Å². The number of carbonyl (C=O) groups is 1. The van der Waals surface area contributed by atoms with E-state index in [1.807, 2.05) is 6.92 Å². The molecule has 1 aromatic heterocycles. The quantitative estimate of drug-likeness (QED) is 0.676. The lowest BCUT2D eigenvalue weighted by atomic mass is 10.1. The largest absolute Gasteiger partial charge is 0.494 e. The van der Waals surface area contributed by atoms with Gasteiger partial charge >= 0.3 is 0 Å². The third kappa shape index (κ3) is 5.04. The van der Waals surface area contributed by atoms with E-state index in [2.05, 4.69) is 10.3 Å². The first-order valence-electron chi connectivity index (χ1n) is 8.53. The van der Waals surface area contributed by atoms with Crippen molar-refractivity contribution in [2.45, 2.75) is 13.5 Å². The number of amides is 1. The molecule has 5 nitrogen and oxygen atoms in total. The van der Waals surface area contributed by atoms with Crippen molar-refractivity contribution in [1.29, 1.82) is 0 Å². The zero-order valence-electron chi connectivity index (χ0n) is 14.8.